The Labute approximate surface area is 178 Å². The smallest absolute Gasteiger partial charge is 0.255 e. The molecule has 6 heteroatoms. The molecule has 1 N–H and O–H groups in total. The Morgan fingerprint density at radius 2 is 1.67 bits per heavy atom. The summed E-state index contributed by atoms with van der Waals surface area (Å²) in [6, 6.07) is 12.5. The first kappa shape index (κ1) is 20.8. The molecular weight excluding hydrogens is 376 g/mol. The normalized spacial score (nSPS) is 20.0. The second-order valence-corrected chi connectivity index (χ2v) is 8.72. The number of para-hydroxylation sites is 1. The number of hydrogen-bond acceptors (Lipinski definition) is 4. The van der Waals surface area contributed by atoms with Gasteiger partial charge in [0.1, 0.15) is 0 Å². The zero-order valence-electron chi connectivity index (χ0n) is 17.8. The molecule has 2 aromatic rings. The second-order valence-electron chi connectivity index (χ2n) is 8.72. The van der Waals surface area contributed by atoms with Gasteiger partial charge < -0.3 is 10.2 Å². The lowest BCUT2D eigenvalue weighted by atomic mass is 9.79. The number of nitrogens with zero attached hydrogens (tertiary/aromatic N) is 3. The van der Waals surface area contributed by atoms with E-state index in [2.05, 4.69) is 22.2 Å². The van der Waals surface area contributed by atoms with Crippen molar-refractivity contribution < 1.29 is 4.79 Å². The van der Waals surface area contributed by atoms with Crippen LogP contribution in [0.25, 0.3) is 5.69 Å². The monoisotopic (exact) mass is 408 g/mol. The van der Waals surface area contributed by atoms with Gasteiger partial charge in [-0.15, -0.1) is 0 Å². The molecular formula is C24H32N4O2. The number of amides is 1. The Morgan fingerprint density at radius 1 is 0.967 bits per heavy atom. The summed E-state index contributed by atoms with van der Waals surface area (Å²) >= 11 is 0. The summed E-state index contributed by atoms with van der Waals surface area (Å²) < 4.78 is 1.53. The predicted molar refractivity (Wildman–Crippen MR) is 119 cm³/mol. The molecule has 0 unspecified atom stereocenters. The van der Waals surface area contributed by atoms with E-state index in [0.717, 1.165) is 44.7 Å². The van der Waals surface area contributed by atoms with Crippen LogP contribution in [0, 0.1) is 0 Å². The van der Waals surface area contributed by atoms with E-state index in [9.17, 15) is 9.59 Å². The Kier molecular flexibility index (Phi) is 6.35. The third kappa shape index (κ3) is 4.50. The number of nitrogens with one attached hydrogen (secondary N) is 1. The van der Waals surface area contributed by atoms with Gasteiger partial charge in [-0.25, -0.2) is 0 Å². The van der Waals surface area contributed by atoms with E-state index in [1.165, 1.54) is 29.9 Å². The average Bonchev–Trinajstić information content (AvgIpc) is 2.79. The van der Waals surface area contributed by atoms with Gasteiger partial charge in [0.25, 0.3) is 11.5 Å². The van der Waals surface area contributed by atoms with Crippen LogP contribution in [0.3, 0.4) is 0 Å². The molecule has 0 spiro atoms. The number of hydrogen-bond donors (Lipinski definition) is 1. The van der Waals surface area contributed by atoms with Crippen LogP contribution in [-0.2, 0) is 0 Å². The SMILES string of the molecule is CN1CCN(C2(CNC(=O)c3ccc(=O)n(-c4ccccc4)c3)CCCCC2)CC1. The van der Waals surface area contributed by atoms with Crippen LogP contribution < -0.4 is 10.9 Å². The van der Waals surface area contributed by atoms with Crippen molar-refractivity contribution in [1.29, 1.82) is 0 Å². The van der Waals surface area contributed by atoms with Gasteiger partial charge in [-0.2, -0.15) is 0 Å². The highest BCUT2D eigenvalue weighted by Gasteiger charge is 2.39. The molecule has 2 heterocycles. The van der Waals surface area contributed by atoms with Gasteiger partial charge in [-0.3, -0.25) is 19.1 Å². The Bertz CT molecular complexity index is 910. The molecule has 6 nitrogen and oxygen atoms in total. The van der Waals surface area contributed by atoms with Crippen molar-refractivity contribution in [1.82, 2.24) is 19.7 Å². The molecule has 1 aliphatic carbocycles. The van der Waals surface area contributed by atoms with Crippen LogP contribution in [0.15, 0.2) is 53.5 Å². The van der Waals surface area contributed by atoms with Gasteiger partial charge in [0.2, 0.25) is 0 Å². The lowest BCUT2D eigenvalue weighted by Gasteiger charge is -2.49. The lowest BCUT2D eigenvalue weighted by Crippen LogP contribution is -2.61. The Hall–Kier alpha value is -2.44. The van der Waals surface area contributed by atoms with Gasteiger partial charge in [0.15, 0.2) is 0 Å². The van der Waals surface area contributed by atoms with Gasteiger partial charge in [-0.1, -0.05) is 37.5 Å². The topological polar surface area (TPSA) is 57.6 Å². The van der Waals surface area contributed by atoms with Crippen LogP contribution in [0.5, 0.6) is 0 Å². The van der Waals surface area contributed by atoms with Crippen LogP contribution in [0.1, 0.15) is 42.5 Å². The molecule has 1 saturated heterocycles. The minimum Gasteiger partial charge on any atom is -0.350 e. The zero-order valence-corrected chi connectivity index (χ0v) is 17.8. The number of piperazine rings is 1. The standard InChI is InChI=1S/C24H32N4O2/c1-26-14-16-27(17-15-26)24(12-6-3-7-13-24)19-25-23(30)20-10-11-22(29)28(18-20)21-8-4-2-5-9-21/h2,4-5,8-11,18H,3,6-7,12-17,19H2,1H3,(H,25,30). The van der Waals surface area contributed by atoms with Crippen molar-refractivity contribution in [2.24, 2.45) is 0 Å². The van der Waals surface area contributed by atoms with Crippen molar-refractivity contribution in [2.45, 2.75) is 37.6 Å². The van der Waals surface area contributed by atoms with Crippen LogP contribution in [0.2, 0.25) is 0 Å². The highest BCUT2D eigenvalue weighted by Crippen LogP contribution is 2.34. The number of benzene rings is 1. The molecule has 1 aromatic carbocycles. The summed E-state index contributed by atoms with van der Waals surface area (Å²) in [5.74, 6) is -0.112. The molecule has 1 aliphatic heterocycles. The number of pyridine rings is 1. The number of aromatic nitrogens is 1. The number of likely N-dealkylation sites (N-methyl/N-ethyl adjacent to an activating group) is 1. The van der Waals surface area contributed by atoms with Gasteiger partial charge in [0.05, 0.1) is 5.56 Å². The molecule has 0 bridgehead atoms. The Morgan fingerprint density at radius 3 is 2.37 bits per heavy atom. The van der Waals surface area contributed by atoms with E-state index in [-0.39, 0.29) is 17.0 Å². The van der Waals surface area contributed by atoms with Crippen molar-refractivity contribution in [2.75, 3.05) is 39.8 Å². The van der Waals surface area contributed by atoms with Crippen molar-refractivity contribution in [3.63, 3.8) is 0 Å². The van der Waals surface area contributed by atoms with E-state index in [0.29, 0.717) is 12.1 Å². The predicted octanol–water partition coefficient (Wildman–Crippen LogP) is 2.52. The molecule has 4 rings (SSSR count). The fourth-order valence-electron chi connectivity index (χ4n) is 4.85. The minimum absolute atomic E-state index is 0.0586. The second kappa shape index (κ2) is 9.14. The maximum absolute atomic E-state index is 13.0. The fraction of sp³-hybridized carbons (Fsp3) is 0.500. The molecule has 0 radical (unpaired) electrons. The van der Waals surface area contributed by atoms with Crippen molar-refractivity contribution in [3.05, 3.63) is 64.6 Å². The van der Waals surface area contributed by atoms with E-state index in [1.807, 2.05) is 30.3 Å². The number of rotatable bonds is 5. The number of carbonyl (C=O) groups excluding carboxylic acids is 1. The molecule has 0 atom stereocenters. The third-order valence-electron chi connectivity index (χ3n) is 6.74. The van der Waals surface area contributed by atoms with Crippen molar-refractivity contribution >= 4 is 5.91 Å². The van der Waals surface area contributed by atoms with Crippen LogP contribution in [-0.4, -0.2) is 65.6 Å². The van der Waals surface area contributed by atoms with Crippen LogP contribution in [0.4, 0.5) is 0 Å². The van der Waals surface area contributed by atoms with E-state index < -0.39 is 0 Å². The first-order valence-electron chi connectivity index (χ1n) is 11.1. The fourth-order valence-corrected chi connectivity index (χ4v) is 4.85. The first-order valence-corrected chi connectivity index (χ1v) is 11.1. The lowest BCUT2D eigenvalue weighted by molar-refractivity contribution is 0.0138. The average molecular weight is 409 g/mol. The molecule has 1 aromatic heterocycles. The highest BCUT2D eigenvalue weighted by molar-refractivity contribution is 5.94. The van der Waals surface area contributed by atoms with Crippen LogP contribution >= 0.6 is 0 Å². The molecule has 160 valence electrons. The largest absolute Gasteiger partial charge is 0.350 e. The summed E-state index contributed by atoms with van der Waals surface area (Å²) in [6.07, 6.45) is 7.66. The number of carbonyl (C=O) groups is 1. The minimum atomic E-state index is -0.140. The van der Waals surface area contributed by atoms with E-state index in [1.54, 1.807) is 12.3 Å². The van der Waals surface area contributed by atoms with Gasteiger partial charge in [-0.05, 0) is 38.1 Å². The summed E-state index contributed by atoms with van der Waals surface area (Å²) in [7, 11) is 2.17. The molecule has 2 fully saturated rings. The van der Waals surface area contributed by atoms with Gasteiger partial charge in [0, 0.05) is 56.2 Å². The molecule has 1 saturated carbocycles. The van der Waals surface area contributed by atoms with E-state index in [4.69, 9.17) is 0 Å². The maximum atomic E-state index is 13.0. The molecule has 30 heavy (non-hydrogen) atoms. The van der Waals surface area contributed by atoms with Gasteiger partial charge >= 0.3 is 0 Å². The quantitative estimate of drug-likeness (QED) is 0.826. The molecule has 1 amide bonds. The van der Waals surface area contributed by atoms with E-state index >= 15 is 0 Å². The highest BCUT2D eigenvalue weighted by atomic mass is 16.2. The summed E-state index contributed by atoms with van der Waals surface area (Å²) in [5.41, 5.74) is 1.20. The molecule has 2 aliphatic rings. The zero-order chi connectivity index (χ0) is 21.0. The maximum Gasteiger partial charge on any atom is 0.255 e. The first-order chi connectivity index (χ1) is 14.6. The summed E-state index contributed by atoms with van der Waals surface area (Å²) in [4.78, 5) is 30.3. The third-order valence-corrected chi connectivity index (χ3v) is 6.74. The summed E-state index contributed by atoms with van der Waals surface area (Å²) in [5, 5.41) is 3.21. The Balaban J connectivity index is 1.49. The van der Waals surface area contributed by atoms with Crippen molar-refractivity contribution in [3.8, 4) is 5.69 Å². The summed E-state index contributed by atoms with van der Waals surface area (Å²) in [6.45, 7) is 4.95.